The average molecular weight is 482 g/mol. The molecule has 2 fully saturated rings. The lowest BCUT2D eigenvalue weighted by Gasteiger charge is -2.57. The first-order valence-electron chi connectivity index (χ1n) is 13.2. The number of ketones is 1. The maximum atomic E-state index is 12.8. The summed E-state index contributed by atoms with van der Waals surface area (Å²) >= 11 is 0. The van der Waals surface area contributed by atoms with Crippen molar-refractivity contribution in [2.45, 2.75) is 82.5 Å². The van der Waals surface area contributed by atoms with Gasteiger partial charge in [0.05, 0.1) is 18.7 Å². The molecule has 1 saturated heterocycles. The largest absolute Gasteiger partial charge is 0.465 e. The molecule has 1 aromatic carbocycles. The van der Waals surface area contributed by atoms with E-state index in [0.29, 0.717) is 18.2 Å². The Balaban J connectivity index is 0.000000239. The van der Waals surface area contributed by atoms with Crippen LogP contribution in [-0.2, 0) is 26.5 Å². The van der Waals surface area contributed by atoms with E-state index in [9.17, 15) is 14.7 Å². The Bertz CT molecular complexity index is 1120. The van der Waals surface area contributed by atoms with Crippen molar-refractivity contribution in [1.82, 2.24) is 14.8 Å². The molecule has 0 spiro atoms. The van der Waals surface area contributed by atoms with Crippen LogP contribution in [0.2, 0.25) is 0 Å². The number of hydrogen-bond donors (Lipinski definition) is 2. The van der Waals surface area contributed by atoms with Crippen LogP contribution in [0.4, 0.5) is 0 Å². The number of piperidine rings is 1. The van der Waals surface area contributed by atoms with Crippen LogP contribution in [-0.4, -0.2) is 59.6 Å². The van der Waals surface area contributed by atoms with Crippen LogP contribution in [0.15, 0.2) is 24.3 Å². The predicted octanol–water partition coefficient (Wildman–Crippen LogP) is 3.67. The van der Waals surface area contributed by atoms with Crippen LogP contribution in [0.5, 0.6) is 0 Å². The molecule has 0 radical (unpaired) electrons. The SMILES string of the molecule is CC[C@]12CCCN3CCc4c(n(c5ccccc45)[C@@](O)(C(=O)OC)C1)[C@@H]32.CNC1CCC(=O)CC1. The Hall–Kier alpha value is -2.22. The molecule has 0 unspecified atom stereocenters. The zero-order chi connectivity index (χ0) is 24.8. The van der Waals surface area contributed by atoms with Crippen molar-refractivity contribution in [2.75, 3.05) is 27.2 Å². The molecule has 3 atom stereocenters. The van der Waals surface area contributed by atoms with Crippen LogP contribution in [0.1, 0.15) is 75.6 Å². The fourth-order valence-corrected chi connectivity index (χ4v) is 7.33. The van der Waals surface area contributed by atoms with Gasteiger partial charge in [-0.2, -0.15) is 0 Å². The van der Waals surface area contributed by atoms with Gasteiger partial charge in [-0.1, -0.05) is 25.1 Å². The van der Waals surface area contributed by atoms with E-state index in [-0.39, 0.29) is 11.5 Å². The number of carbonyl (C=O) groups is 2. The molecule has 1 saturated carbocycles. The number of aromatic nitrogens is 1. The Kier molecular flexibility index (Phi) is 6.53. The fourth-order valence-electron chi connectivity index (χ4n) is 7.33. The van der Waals surface area contributed by atoms with E-state index in [4.69, 9.17) is 4.74 Å². The monoisotopic (exact) mass is 481 g/mol. The Morgan fingerprint density at radius 2 is 1.94 bits per heavy atom. The van der Waals surface area contributed by atoms with Crippen LogP contribution >= 0.6 is 0 Å². The van der Waals surface area contributed by atoms with Gasteiger partial charge in [0, 0.05) is 42.9 Å². The minimum atomic E-state index is -1.63. The smallest absolute Gasteiger partial charge is 0.359 e. The zero-order valence-corrected chi connectivity index (χ0v) is 21.3. The maximum absolute atomic E-state index is 12.8. The highest BCUT2D eigenvalue weighted by Gasteiger charge is 2.60. The fraction of sp³-hybridized carbons (Fsp3) is 0.643. The van der Waals surface area contributed by atoms with Gasteiger partial charge in [-0.25, -0.2) is 4.79 Å². The average Bonchev–Trinajstić information content (AvgIpc) is 3.24. The minimum Gasteiger partial charge on any atom is -0.465 e. The molecule has 2 N–H and O–H groups in total. The first-order valence-corrected chi connectivity index (χ1v) is 13.2. The number of aliphatic hydroxyl groups is 1. The number of carbonyl (C=O) groups excluding carboxylic acids is 2. The van der Waals surface area contributed by atoms with Gasteiger partial charge in [-0.05, 0) is 69.2 Å². The molecular formula is C28H39N3O4. The van der Waals surface area contributed by atoms with Crippen molar-refractivity contribution in [3.8, 4) is 0 Å². The molecule has 190 valence electrons. The Labute approximate surface area is 207 Å². The third-order valence-corrected chi connectivity index (χ3v) is 9.13. The molecule has 1 aliphatic carbocycles. The van der Waals surface area contributed by atoms with E-state index in [1.54, 1.807) is 0 Å². The summed E-state index contributed by atoms with van der Waals surface area (Å²) in [4.78, 5) is 26.1. The van der Waals surface area contributed by atoms with Gasteiger partial charge in [-0.3, -0.25) is 9.69 Å². The number of fused-ring (bicyclic) bond motifs is 3. The molecule has 4 aliphatic rings. The summed E-state index contributed by atoms with van der Waals surface area (Å²) in [7, 11) is 3.33. The molecule has 0 bridgehead atoms. The van der Waals surface area contributed by atoms with Gasteiger partial charge >= 0.3 is 5.97 Å². The van der Waals surface area contributed by atoms with Gasteiger partial charge in [0.15, 0.2) is 0 Å². The van der Waals surface area contributed by atoms with Crippen molar-refractivity contribution < 1.29 is 19.4 Å². The second kappa shape index (κ2) is 9.34. The number of para-hydroxylation sites is 1. The van der Waals surface area contributed by atoms with Crippen LogP contribution in [0.25, 0.3) is 10.9 Å². The van der Waals surface area contributed by atoms with Gasteiger partial charge in [0.2, 0.25) is 5.72 Å². The Morgan fingerprint density at radius 3 is 2.63 bits per heavy atom. The van der Waals surface area contributed by atoms with Crippen molar-refractivity contribution in [2.24, 2.45) is 5.41 Å². The second-order valence-corrected chi connectivity index (χ2v) is 10.8. The molecule has 3 aliphatic heterocycles. The molecule has 7 heteroatoms. The van der Waals surface area contributed by atoms with Gasteiger partial charge in [-0.15, -0.1) is 0 Å². The number of nitrogens with zero attached hydrogens (tertiary/aromatic N) is 2. The van der Waals surface area contributed by atoms with E-state index in [1.165, 1.54) is 18.1 Å². The third-order valence-electron chi connectivity index (χ3n) is 9.13. The lowest BCUT2D eigenvalue weighted by atomic mass is 9.62. The van der Waals surface area contributed by atoms with Crippen molar-refractivity contribution in [3.63, 3.8) is 0 Å². The molecule has 7 nitrogen and oxygen atoms in total. The molecule has 4 heterocycles. The van der Waals surface area contributed by atoms with Crippen LogP contribution in [0.3, 0.4) is 0 Å². The third kappa shape index (κ3) is 3.83. The number of Topliss-reactive ketones (excluding diaryl/α,β-unsaturated/α-hetero) is 1. The summed E-state index contributed by atoms with van der Waals surface area (Å²) < 4.78 is 7.01. The van der Waals surface area contributed by atoms with Crippen molar-refractivity contribution in [3.05, 3.63) is 35.5 Å². The molecule has 35 heavy (non-hydrogen) atoms. The van der Waals surface area contributed by atoms with Crippen LogP contribution < -0.4 is 5.32 Å². The summed E-state index contributed by atoms with van der Waals surface area (Å²) in [6.45, 7) is 4.36. The van der Waals surface area contributed by atoms with Gasteiger partial charge in [0.1, 0.15) is 5.78 Å². The maximum Gasteiger partial charge on any atom is 0.359 e. The standard InChI is InChI=1S/C21H26N2O3.C7H13NO/c1-3-20-10-6-11-22-12-9-15-14-7-4-5-8-16(14)23(17(15)18(20)22)21(25,13-20)19(24)26-2;1-8-6-2-4-7(9)5-3-6/h4-5,7-8,18,25H,3,6,9-13H2,1-2H3;6,8H,2-5H2,1H3/t18-,20+,21+;/m1./s1. The highest BCUT2D eigenvalue weighted by Crippen LogP contribution is 2.60. The number of esters is 1. The summed E-state index contributed by atoms with van der Waals surface area (Å²) in [6, 6.07) is 9.05. The molecule has 1 aromatic heterocycles. The van der Waals surface area contributed by atoms with Crippen molar-refractivity contribution in [1.29, 1.82) is 0 Å². The van der Waals surface area contributed by atoms with E-state index < -0.39 is 11.7 Å². The molecule has 2 aromatic rings. The summed E-state index contributed by atoms with van der Waals surface area (Å²) in [5.74, 6) is -0.114. The lowest BCUT2D eigenvalue weighted by Crippen LogP contribution is -2.60. The molecule has 6 rings (SSSR count). The predicted molar refractivity (Wildman–Crippen MR) is 135 cm³/mol. The number of methoxy groups -OCH3 is 1. The van der Waals surface area contributed by atoms with Gasteiger partial charge in [0.25, 0.3) is 0 Å². The van der Waals surface area contributed by atoms with Crippen molar-refractivity contribution >= 4 is 22.7 Å². The first-order chi connectivity index (χ1) is 16.9. The van der Waals surface area contributed by atoms with E-state index in [0.717, 1.165) is 75.7 Å². The highest BCUT2D eigenvalue weighted by molar-refractivity contribution is 5.90. The number of rotatable bonds is 3. The zero-order valence-electron chi connectivity index (χ0n) is 21.3. The lowest BCUT2D eigenvalue weighted by molar-refractivity contribution is -0.194. The topological polar surface area (TPSA) is 83.8 Å². The second-order valence-electron chi connectivity index (χ2n) is 10.8. The van der Waals surface area contributed by atoms with Crippen LogP contribution in [0, 0.1) is 5.41 Å². The number of benzene rings is 1. The summed E-state index contributed by atoms with van der Waals surface area (Å²) in [6.07, 6.45) is 8.16. The Morgan fingerprint density at radius 1 is 1.20 bits per heavy atom. The number of nitrogens with one attached hydrogen (secondary N) is 1. The van der Waals surface area contributed by atoms with Gasteiger partial charge < -0.3 is 19.7 Å². The van der Waals surface area contributed by atoms with E-state index in [1.807, 2.05) is 29.8 Å². The van der Waals surface area contributed by atoms with E-state index in [2.05, 4.69) is 23.2 Å². The molecular weight excluding hydrogens is 442 g/mol. The summed E-state index contributed by atoms with van der Waals surface area (Å²) in [5, 5.41) is 16.1. The molecule has 0 amide bonds. The van der Waals surface area contributed by atoms with E-state index >= 15 is 0 Å². The highest BCUT2D eigenvalue weighted by atomic mass is 16.5. The minimum absolute atomic E-state index is 0.0826. The normalized spacial score (nSPS) is 30.4. The quantitative estimate of drug-likeness (QED) is 0.651. The number of ether oxygens (including phenoxy) is 1. The first kappa shape index (κ1) is 24.5. The number of hydrogen-bond acceptors (Lipinski definition) is 6. The summed E-state index contributed by atoms with van der Waals surface area (Å²) in [5.41, 5.74) is 1.69.